The predicted octanol–water partition coefficient (Wildman–Crippen LogP) is 4.57. The lowest BCUT2D eigenvalue weighted by Gasteiger charge is -2.18. The van der Waals surface area contributed by atoms with E-state index >= 15 is 0 Å². The van der Waals surface area contributed by atoms with Crippen LogP contribution < -0.4 is 5.32 Å². The molecule has 144 valence electrons. The van der Waals surface area contributed by atoms with Crippen LogP contribution in [0.4, 0.5) is 4.39 Å². The van der Waals surface area contributed by atoms with Crippen molar-refractivity contribution >= 4 is 23.2 Å². The minimum Gasteiger partial charge on any atom is -0.452 e. The van der Waals surface area contributed by atoms with E-state index in [0.29, 0.717) is 5.56 Å². The van der Waals surface area contributed by atoms with Crippen molar-refractivity contribution in [3.05, 3.63) is 92.9 Å². The number of hydrogen-bond acceptors (Lipinski definition) is 4. The van der Waals surface area contributed by atoms with Crippen LogP contribution in [0.1, 0.15) is 38.0 Å². The Labute approximate surface area is 167 Å². The van der Waals surface area contributed by atoms with Gasteiger partial charge in [-0.05, 0) is 66.2 Å². The lowest BCUT2D eigenvalue weighted by molar-refractivity contribution is -0.124. The molecule has 0 spiro atoms. The Hall–Kier alpha value is -2.99. The van der Waals surface area contributed by atoms with Gasteiger partial charge >= 0.3 is 5.97 Å². The quantitative estimate of drug-likeness (QED) is 0.620. The van der Waals surface area contributed by atoms with Crippen LogP contribution in [-0.4, -0.2) is 18.5 Å². The summed E-state index contributed by atoms with van der Waals surface area (Å²) in [5.74, 6) is -1.32. The molecule has 0 radical (unpaired) electrons. The molecule has 0 aliphatic heterocycles. The van der Waals surface area contributed by atoms with Crippen LogP contribution >= 0.6 is 11.3 Å². The van der Waals surface area contributed by atoms with Crippen LogP contribution in [0.25, 0.3) is 0 Å². The normalized spacial score (nSPS) is 11.7. The van der Waals surface area contributed by atoms with E-state index in [-0.39, 0.29) is 5.82 Å². The molecule has 2 aromatic carbocycles. The van der Waals surface area contributed by atoms with Crippen molar-refractivity contribution in [3.63, 3.8) is 0 Å². The number of rotatable bonds is 6. The second-order valence-electron chi connectivity index (χ2n) is 6.44. The highest BCUT2D eigenvalue weighted by molar-refractivity contribution is 7.10. The van der Waals surface area contributed by atoms with Gasteiger partial charge in [0, 0.05) is 4.88 Å². The fraction of sp³-hybridized carbons (Fsp3) is 0.182. The van der Waals surface area contributed by atoms with E-state index in [2.05, 4.69) is 5.32 Å². The molecule has 6 heteroatoms. The van der Waals surface area contributed by atoms with E-state index < -0.39 is 24.5 Å². The molecule has 4 nitrogen and oxygen atoms in total. The zero-order valence-corrected chi connectivity index (χ0v) is 16.4. The number of esters is 1. The van der Waals surface area contributed by atoms with Gasteiger partial charge in [0.15, 0.2) is 6.61 Å². The first-order valence-corrected chi connectivity index (χ1v) is 9.64. The molecule has 1 atom stereocenters. The summed E-state index contributed by atoms with van der Waals surface area (Å²) in [6, 6.07) is 14.5. The summed E-state index contributed by atoms with van der Waals surface area (Å²) >= 11 is 1.48. The van der Waals surface area contributed by atoms with Gasteiger partial charge in [0.05, 0.1) is 11.6 Å². The van der Waals surface area contributed by atoms with Gasteiger partial charge in [-0.15, -0.1) is 11.3 Å². The third-order valence-corrected chi connectivity index (χ3v) is 5.35. The molecule has 1 aromatic heterocycles. The van der Waals surface area contributed by atoms with Crippen LogP contribution in [0, 0.1) is 19.7 Å². The summed E-state index contributed by atoms with van der Waals surface area (Å²) in [6.45, 7) is 3.47. The number of carbonyl (C=O) groups is 2. The molecule has 3 rings (SSSR count). The van der Waals surface area contributed by atoms with E-state index in [4.69, 9.17) is 4.74 Å². The van der Waals surface area contributed by atoms with Gasteiger partial charge in [-0.2, -0.15) is 0 Å². The van der Waals surface area contributed by atoms with E-state index in [9.17, 15) is 14.0 Å². The molecule has 1 N–H and O–H groups in total. The Morgan fingerprint density at radius 3 is 2.46 bits per heavy atom. The predicted molar refractivity (Wildman–Crippen MR) is 107 cm³/mol. The number of aryl methyl sites for hydroxylation is 2. The number of carbonyl (C=O) groups excluding carboxylic acids is 2. The molecule has 0 unspecified atom stereocenters. The van der Waals surface area contributed by atoms with E-state index in [0.717, 1.165) is 21.6 Å². The molecule has 0 aliphatic rings. The molecule has 1 heterocycles. The first-order valence-electron chi connectivity index (χ1n) is 8.76. The van der Waals surface area contributed by atoms with Crippen LogP contribution in [-0.2, 0) is 9.53 Å². The van der Waals surface area contributed by atoms with E-state index in [1.807, 2.05) is 37.4 Å². The lowest BCUT2D eigenvalue weighted by atomic mass is 10.1. The van der Waals surface area contributed by atoms with Gasteiger partial charge in [-0.3, -0.25) is 4.79 Å². The highest BCUT2D eigenvalue weighted by Crippen LogP contribution is 2.26. The number of ether oxygens (including phenoxy) is 1. The SMILES string of the molecule is Cc1ccc(C(=O)OCC(=O)N[C@H](c2ccc(F)cc2)c2cccs2)cc1C. The highest BCUT2D eigenvalue weighted by Gasteiger charge is 2.19. The number of nitrogens with one attached hydrogen (secondary N) is 1. The zero-order chi connectivity index (χ0) is 20.1. The fourth-order valence-corrected chi connectivity index (χ4v) is 3.52. The molecule has 0 saturated heterocycles. The van der Waals surface area contributed by atoms with Crippen LogP contribution in [0.3, 0.4) is 0 Å². The van der Waals surface area contributed by atoms with Crippen molar-refractivity contribution in [3.8, 4) is 0 Å². The maximum atomic E-state index is 13.2. The Morgan fingerprint density at radius 1 is 1.07 bits per heavy atom. The van der Waals surface area contributed by atoms with E-state index in [1.165, 1.54) is 23.5 Å². The summed E-state index contributed by atoms with van der Waals surface area (Å²) < 4.78 is 18.4. The molecule has 0 bridgehead atoms. The van der Waals surface area contributed by atoms with Crippen molar-refractivity contribution < 1.29 is 18.7 Å². The first kappa shape index (κ1) is 19.8. The van der Waals surface area contributed by atoms with Crippen molar-refractivity contribution in [1.82, 2.24) is 5.32 Å². The molecule has 1 amide bonds. The van der Waals surface area contributed by atoms with Crippen LogP contribution in [0.2, 0.25) is 0 Å². The summed E-state index contributed by atoms with van der Waals surface area (Å²) in [4.78, 5) is 25.5. The third kappa shape index (κ3) is 4.84. The number of halogens is 1. The largest absolute Gasteiger partial charge is 0.452 e. The standard InChI is InChI=1S/C22H20FNO3S/c1-14-5-6-17(12-15(14)2)22(26)27-13-20(25)24-21(19-4-3-11-28-19)16-7-9-18(23)10-8-16/h3-12,21H,13H2,1-2H3,(H,24,25)/t21-/m1/s1. The topological polar surface area (TPSA) is 55.4 Å². The van der Waals surface area contributed by atoms with Crippen molar-refractivity contribution in [2.45, 2.75) is 19.9 Å². The van der Waals surface area contributed by atoms with Crippen molar-refractivity contribution in [1.29, 1.82) is 0 Å². The highest BCUT2D eigenvalue weighted by atomic mass is 32.1. The first-order chi connectivity index (χ1) is 13.4. The van der Waals surface area contributed by atoms with Crippen LogP contribution in [0.5, 0.6) is 0 Å². The Morgan fingerprint density at radius 2 is 1.82 bits per heavy atom. The molecular weight excluding hydrogens is 377 g/mol. The molecule has 0 fully saturated rings. The minimum absolute atomic E-state index is 0.345. The number of amides is 1. The van der Waals surface area contributed by atoms with Gasteiger partial charge in [0.2, 0.25) is 0 Å². The number of benzene rings is 2. The Balaban J connectivity index is 1.66. The van der Waals surface area contributed by atoms with Crippen molar-refractivity contribution in [2.24, 2.45) is 0 Å². The smallest absolute Gasteiger partial charge is 0.338 e. The van der Waals surface area contributed by atoms with Gasteiger partial charge in [-0.25, -0.2) is 9.18 Å². The van der Waals surface area contributed by atoms with Crippen LogP contribution in [0.15, 0.2) is 60.0 Å². The maximum Gasteiger partial charge on any atom is 0.338 e. The molecule has 3 aromatic rings. The maximum absolute atomic E-state index is 13.2. The van der Waals surface area contributed by atoms with Gasteiger partial charge in [-0.1, -0.05) is 24.3 Å². The van der Waals surface area contributed by atoms with Gasteiger partial charge in [0.25, 0.3) is 5.91 Å². The Kier molecular flexibility index (Phi) is 6.21. The lowest BCUT2D eigenvalue weighted by Crippen LogP contribution is -2.32. The van der Waals surface area contributed by atoms with E-state index in [1.54, 1.807) is 24.3 Å². The van der Waals surface area contributed by atoms with Crippen molar-refractivity contribution in [2.75, 3.05) is 6.61 Å². The molecular formula is C22H20FNO3S. The monoisotopic (exact) mass is 397 g/mol. The third-order valence-electron chi connectivity index (χ3n) is 4.41. The molecule has 0 aliphatic carbocycles. The van der Waals surface area contributed by atoms with Gasteiger partial charge < -0.3 is 10.1 Å². The molecule has 0 saturated carbocycles. The average Bonchev–Trinajstić information content (AvgIpc) is 3.21. The number of hydrogen-bond donors (Lipinski definition) is 1. The van der Waals surface area contributed by atoms with Gasteiger partial charge in [0.1, 0.15) is 5.82 Å². The Bertz CT molecular complexity index is 968. The second-order valence-corrected chi connectivity index (χ2v) is 7.42. The summed E-state index contributed by atoms with van der Waals surface area (Å²) in [7, 11) is 0. The second kappa shape index (κ2) is 8.80. The molecule has 28 heavy (non-hydrogen) atoms. The summed E-state index contributed by atoms with van der Waals surface area (Å²) in [5.41, 5.74) is 3.21. The fourth-order valence-electron chi connectivity index (χ4n) is 2.71. The zero-order valence-electron chi connectivity index (χ0n) is 15.6. The average molecular weight is 397 g/mol. The minimum atomic E-state index is -0.548. The summed E-state index contributed by atoms with van der Waals surface area (Å²) in [6.07, 6.45) is 0. The number of thiophene rings is 1. The summed E-state index contributed by atoms with van der Waals surface area (Å²) in [5, 5.41) is 4.75.